The summed E-state index contributed by atoms with van der Waals surface area (Å²) in [6.45, 7) is 11.9. The van der Waals surface area contributed by atoms with Crippen LogP contribution in [-0.2, 0) is 56.0 Å². The maximum atomic E-state index is 15.4. The number of hydrogen-bond donors (Lipinski definition) is 2. The SMILES string of the molecule is Cc1c(-c2c(C(=O)Nc3ccc(O)cc3)c(C)n(C)c2-c2cc3c(cc2C(=O)N2Cc4ccccc4C[C@H]2C)CN(C(=O)Cc2ccc(OCCN4CCOCC4)cc2)CC3)cc(C#N)n1C. The largest absolute Gasteiger partial charge is 0.508 e. The number of amides is 3. The highest BCUT2D eigenvalue weighted by molar-refractivity contribution is 6.14. The monoisotopic (exact) mass is 899 g/mol. The first-order chi connectivity index (χ1) is 32.4. The predicted octanol–water partition coefficient (Wildman–Crippen LogP) is 7.57. The number of aromatic nitrogens is 2. The van der Waals surface area contributed by atoms with Crippen molar-refractivity contribution in [1.82, 2.24) is 23.8 Å². The van der Waals surface area contributed by atoms with E-state index in [0.717, 1.165) is 66.5 Å². The van der Waals surface area contributed by atoms with Crippen molar-refractivity contribution < 1.29 is 29.0 Å². The van der Waals surface area contributed by atoms with Crippen LogP contribution in [0.5, 0.6) is 11.5 Å². The Morgan fingerprint density at radius 3 is 2.28 bits per heavy atom. The van der Waals surface area contributed by atoms with Gasteiger partial charge in [-0.1, -0.05) is 36.4 Å². The molecule has 1 atom stereocenters. The molecular weight excluding hydrogens is 843 g/mol. The van der Waals surface area contributed by atoms with Gasteiger partial charge in [0.15, 0.2) is 0 Å². The lowest BCUT2D eigenvalue weighted by atomic mass is 9.87. The third-order valence-electron chi connectivity index (χ3n) is 14.0. The summed E-state index contributed by atoms with van der Waals surface area (Å²) in [6, 6.07) is 30.4. The number of fused-ring (bicyclic) bond motifs is 2. The molecule has 9 rings (SSSR count). The molecule has 2 N–H and O–H groups in total. The van der Waals surface area contributed by atoms with E-state index in [1.807, 2.05) is 95.4 Å². The van der Waals surface area contributed by atoms with E-state index < -0.39 is 0 Å². The van der Waals surface area contributed by atoms with Crippen LogP contribution in [0.2, 0.25) is 0 Å². The number of carbonyl (C=O) groups excluding carboxylic acids is 3. The smallest absolute Gasteiger partial charge is 0.258 e. The molecule has 13 heteroatoms. The van der Waals surface area contributed by atoms with Crippen molar-refractivity contribution in [2.75, 3.05) is 51.3 Å². The van der Waals surface area contributed by atoms with Crippen LogP contribution >= 0.6 is 0 Å². The number of anilines is 1. The summed E-state index contributed by atoms with van der Waals surface area (Å²) < 4.78 is 15.3. The molecule has 1 saturated heterocycles. The first kappa shape index (κ1) is 45.0. The van der Waals surface area contributed by atoms with Gasteiger partial charge in [-0.05, 0) is 116 Å². The Labute approximate surface area is 391 Å². The quantitative estimate of drug-likeness (QED) is 0.127. The number of benzene rings is 4. The zero-order valence-electron chi connectivity index (χ0n) is 38.9. The van der Waals surface area contributed by atoms with Gasteiger partial charge in [0, 0.05) is 98.7 Å². The van der Waals surface area contributed by atoms with Gasteiger partial charge in [0.1, 0.15) is 29.9 Å². The van der Waals surface area contributed by atoms with E-state index >= 15 is 4.79 Å². The first-order valence-electron chi connectivity index (χ1n) is 23.1. The second-order valence-electron chi connectivity index (χ2n) is 18.1. The number of aromatic hydroxyl groups is 1. The molecule has 344 valence electrons. The lowest BCUT2D eigenvalue weighted by Crippen LogP contribution is -2.43. The second kappa shape index (κ2) is 19.0. The molecule has 1 fully saturated rings. The number of nitriles is 1. The zero-order valence-corrected chi connectivity index (χ0v) is 38.9. The number of nitrogens with zero attached hydrogens (tertiary/aromatic N) is 6. The molecule has 0 saturated carbocycles. The molecule has 13 nitrogen and oxygen atoms in total. The topological polar surface area (TPSA) is 145 Å². The number of rotatable bonds is 11. The number of nitrogens with one attached hydrogen (secondary N) is 1. The van der Waals surface area contributed by atoms with Gasteiger partial charge in [-0.15, -0.1) is 0 Å². The average molecular weight is 900 g/mol. The molecule has 3 amide bonds. The Morgan fingerprint density at radius 2 is 1.57 bits per heavy atom. The number of ether oxygens (including phenoxy) is 2. The minimum Gasteiger partial charge on any atom is -0.508 e. The molecule has 0 aliphatic carbocycles. The number of morpholine rings is 1. The highest BCUT2D eigenvalue weighted by atomic mass is 16.5. The molecule has 4 aromatic carbocycles. The van der Waals surface area contributed by atoms with Crippen molar-refractivity contribution in [1.29, 1.82) is 5.26 Å². The average Bonchev–Trinajstić information content (AvgIpc) is 3.77. The molecule has 3 aliphatic heterocycles. The lowest BCUT2D eigenvalue weighted by Gasteiger charge is -2.36. The fourth-order valence-corrected chi connectivity index (χ4v) is 9.86. The summed E-state index contributed by atoms with van der Waals surface area (Å²) in [4.78, 5) is 50.2. The molecule has 67 heavy (non-hydrogen) atoms. The summed E-state index contributed by atoms with van der Waals surface area (Å²) in [6.07, 6.45) is 1.52. The lowest BCUT2D eigenvalue weighted by molar-refractivity contribution is -0.131. The molecular formula is C54H57N7O6. The van der Waals surface area contributed by atoms with Crippen LogP contribution in [0, 0.1) is 25.2 Å². The fraction of sp³-hybridized carbons (Fsp3) is 0.333. The Balaban J connectivity index is 1.08. The van der Waals surface area contributed by atoms with Gasteiger partial charge in [-0.2, -0.15) is 5.26 Å². The van der Waals surface area contributed by atoms with Crippen molar-refractivity contribution in [2.45, 2.75) is 59.2 Å². The van der Waals surface area contributed by atoms with Crippen molar-refractivity contribution in [3.05, 3.63) is 147 Å². The van der Waals surface area contributed by atoms with Gasteiger partial charge in [-0.25, -0.2) is 0 Å². The highest BCUT2D eigenvalue weighted by Crippen LogP contribution is 2.44. The maximum absolute atomic E-state index is 15.4. The Kier molecular flexibility index (Phi) is 12.8. The maximum Gasteiger partial charge on any atom is 0.258 e. The molecule has 0 unspecified atom stereocenters. The van der Waals surface area contributed by atoms with Gasteiger partial charge >= 0.3 is 0 Å². The van der Waals surface area contributed by atoms with Crippen LogP contribution < -0.4 is 10.1 Å². The highest BCUT2D eigenvalue weighted by Gasteiger charge is 2.35. The van der Waals surface area contributed by atoms with E-state index in [4.69, 9.17) is 9.47 Å². The van der Waals surface area contributed by atoms with Crippen molar-refractivity contribution in [3.8, 4) is 40.0 Å². The van der Waals surface area contributed by atoms with Crippen LogP contribution in [0.4, 0.5) is 5.69 Å². The Bertz CT molecular complexity index is 2900. The van der Waals surface area contributed by atoms with Crippen LogP contribution in [0.25, 0.3) is 22.4 Å². The summed E-state index contributed by atoms with van der Waals surface area (Å²) in [5.41, 5.74) is 11.1. The standard InChI is InChI=1S/C54H57N7O6/c1-34-26-38-8-6-7-9-40(38)33-61(34)54(65)48-29-41-32-60(49(63)27-37-10-16-45(17-11-37)67-25-22-59-20-23-66-24-21-59)19-18-39(41)28-47(48)52-51(46-30-43(31-55)57(4)35(46)2)50(36(3)58(52)5)53(64)56-42-12-14-44(62)15-13-42/h6-17,28-30,34,62H,18-27,32-33H2,1-5H3,(H,56,64)/t34-/m1/s1. The van der Waals surface area contributed by atoms with E-state index in [0.29, 0.717) is 89.7 Å². The predicted molar refractivity (Wildman–Crippen MR) is 257 cm³/mol. The van der Waals surface area contributed by atoms with E-state index in [9.17, 15) is 20.0 Å². The number of hydrogen-bond acceptors (Lipinski definition) is 8. The molecule has 3 aliphatic rings. The third kappa shape index (κ3) is 9.07. The summed E-state index contributed by atoms with van der Waals surface area (Å²) in [5, 5.41) is 23.2. The molecule has 0 bridgehead atoms. The molecule has 5 heterocycles. The molecule has 2 aromatic heterocycles. The van der Waals surface area contributed by atoms with Gasteiger partial charge in [-0.3, -0.25) is 19.3 Å². The van der Waals surface area contributed by atoms with Crippen LogP contribution in [0.1, 0.15) is 72.5 Å². The zero-order chi connectivity index (χ0) is 46.9. The van der Waals surface area contributed by atoms with Crippen LogP contribution in [0.3, 0.4) is 0 Å². The van der Waals surface area contributed by atoms with E-state index in [1.165, 1.54) is 17.7 Å². The van der Waals surface area contributed by atoms with E-state index in [-0.39, 0.29) is 35.9 Å². The van der Waals surface area contributed by atoms with E-state index in [1.54, 1.807) is 12.1 Å². The number of phenols is 1. The summed E-state index contributed by atoms with van der Waals surface area (Å²) in [7, 11) is 3.74. The van der Waals surface area contributed by atoms with Gasteiger partial charge in [0.2, 0.25) is 5.91 Å². The minimum atomic E-state index is -0.367. The molecule has 6 aromatic rings. The van der Waals surface area contributed by atoms with Gasteiger partial charge in [0.25, 0.3) is 11.8 Å². The third-order valence-corrected chi connectivity index (χ3v) is 14.0. The molecule has 0 spiro atoms. The van der Waals surface area contributed by atoms with Crippen molar-refractivity contribution in [2.24, 2.45) is 14.1 Å². The van der Waals surface area contributed by atoms with Crippen molar-refractivity contribution >= 4 is 23.4 Å². The summed E-state index contributed by atoms with van der Waals surface area (Å²) in [5.74, 6) is 0.343. The Morgan fingerprint density at radius 1 is 0.836 bits per heavy atom. The summed E-state index contributed by atoms with van der Waals surface area (Å²) >= 11 is 0. The first-order valence-corrected chi connectivity index (χ1v) is 23.1. The van der Waals surface area contributed by atoms with Crippen molar-refractivity contribution in [3.63, 3.8) is 0 Å². The van der Waals surface area contributed by atoms with Gasteiger partial charge in [0.05, 0.1) is 30.9 Å². The normalized spacial score (nSPS) is 16.0. The van der Waals surface area contributed by atoms with E-state index in [2.05, 4.69) is 41.4 Å². The second-order valence-corrected chi connectivity index (χ2v) is 18.1. The molecule has 0 radical (unpaired) electrons. The number of phenolic OH excluding ortho intramolecular Hbond substituents is 1. The minimum absolute atomic E-state index is 0.00215. The van der Waals surface area contributed by atoms with Crippen LogP contribution in [-0.4, -0.2) is 98.7 Å². The fourth-order valence-electron chi connectivity index (χ4n) is 9.86. The Hall–Kier alpha value is -7.14. The van der Waals surface area contributed by atoms with Gasteiger partial charge < -0.3 is 38.8 Å². The number of carbonyl (C=O) groups is 3. The van der Waals surface area contributed by atoms with Crippen LogP contribution in [0.15, 0.2) is 91.0 Å².